The number of aromatic nitrogens is 2. The Bertz CT molecular complexity index is 1110. The molecule has 0 radical (unpaired) electrons. The zero-order valence-electron chi connectivity index (χ0n) is 17.6. The van der Waals surface area contributed by atoms with Gasteiger partial charge in [-0.25, -0.2) is 9.97 Å². The molecule has 2 aromatic heterocycles. The first-order chi connectivity index (χ1) is 15.1. The molecule has 0 atom stereocenters. The lowest BCUT2D eigenvalue weighted by Crippen LogP contribution is -1.90. The van der Waals surface area contributed by atoms with Crippen LogP contribution < -0.4 is 10.0 Å². The largest absolute Gasteiger partial charge is 0.365 e. The topological polar surface area (TPSA) is 66.9 Å². The molecule has 0 amide bonds. The standard InChI is InChI=1S/C14H13NOS.C9H11N3S2/c16-10-9-12-5-4-6-13(11-12)15-17-14-7-2-1-3-8-14;1-5-8(14-6(2)11-5)7-4-13-9(10-3)12-7/h1-8,10-11,15H,9H2;4H,1-3H3,(H,10,12). The number of nitrogens with one attached hydrogen (secondary N) is 2. The van der Waals surface area contributed by atoms with E-state index in [-0.39, 0.29) is 0 Å². The van der Waals surface area contributed by atoms with Gasteiger partial charge >= 0.3 is 0 Å². The summed E-state index contributed by atoms with van der Waals surface area (Å²) >= 11 is 4.88. The highest BCUT2D eigenvalue weighted by Crippen LogP contribution is 2.31. The van der Waals surface area contributed by atoms with Crippen molar-refractivity contribution in [3.05, 3.63) is 76.2 Å². The minimum atomic E-state index is 0.464. The van der Waals surface area contributed by atoms with Gasteiger partial charge in [0.2, 0.25) is 0 Å². The van der Waals surface area contributed by atoms with Crippen molar-refractivity contribution in [3.8, 4) is 10.6 Å². The molecule has 2 heterocycles. The summed E-state index contributed by atoms with van der Waals surface area (Å²) in [7, 11) is 1.88. The number of hydrogen-bond acceptors (Lipinski definition) is 8. The molecule has 4 aromatic rings. The van der Waals surface area contributed by atoms with Crippen LogP contribution in [-0.4, -0.2) is 23.3 Å². The van der Waals surface area contributed by atoms with Gasteiger partial charge in [0, 0.05) is 29.4 Å². The van der Waals surface area contributed by atoms with E-state index >= 15 is 0 Å². The molecule has 0 saturated heterocycles. The molecule has 0 fully saturated rings. The van der Waals surface area contributed by atoms with Gasteiger partial charge in [0.05, 0.1) is 21.3 Å². The fourth-order valence-corrected chi connectivity index (χ4v) is 5.00. The Kier molecular flexibility index (Phi) is 8.63. The number of carbonyl (C=O) groups excluding carboxylic acids is 1. The Hall–Kier alpha value is -2.68. The molecule has 2 aromatic carbocycles. The number of hydrogen-bond donors (Lipinski definition) is 2. The van der Waals surface area contributed by atoms with Crippen LogP contribution in [0.4, 0.5) is 10.8 Å². The molecule has 160 valence electrons. The quantitative estimate of drug-likeness (QED) is 0.239. The van der Waals surface area contributed by atoms with E-state index < -0.39 is 0 Å². The molecule has 4 rings (SSSR count). The first-order valence-electron chi connectivity index (χ1n) is 9.67. The van der Waals surface area contributed by atoms with Crippen molar-refractivity contribution in [2.75, 3.05) is 17.1 Å². The van der Waals surface area contributed by atoms with Gasteiger partial charge in [-0.05, 0) is 55.6 Å². The van der Waals surface area contributed by atoms with E-state index in [4.69, 9.17) is 0 Å². The Morgan fingerprint density at radius 3 is 2.52 bits per heavy atom. The fraction of sp³-hybridized carbons (Fsp3) is 0.174. The maximum Gasteiger partial charge on any atom is 0.182 e. The van der Waals surface area contributed by atoms with Gasteiger partial charge in [-0.1, -0.05) is 30.3 Å². The fourth-order valence-electron chi connectivity index (χ4n) is 2.73. The molecule has 0 spiro atoms. The molecule has 8 heteroatoms. The van der Waals surface area contributed by atoms with Crippen LogP contribution in [-0.2, 0) is 11.2 Å². The van der Waals surface area contributed by atoms with Crippen LogP contribution in [0.5, 0.6) is 0 Å². The number of rotatable bonds is 7. The molecule has 0 aliphatic carbocycles. The van der Waals surface area contributed by atoms with Gasteiger partial charge in [0.25, 0.3) is 0 Å². The molecular weight excluding hydrogens is 444 g/mol. The molecule has 5 nitrogen and oxygen atoms in total. The van der Waals surface area contributed by atoms with Crippen LogP contribution in [0.2, 0.25) is 0 Å². The van der Waals surface area contributed by atoms with Gasteiger partial charge in [0.15, 0.2) is 5.13 Å². The van der Waals surface area contributed by atoms with Crippen molar-refractivity contribution in [1.82, 2.24) is 9.97 Å². The Balaban J connectivity index is 0.000000179. The maximum atomic E-state index is 10.4. The van der Waals surface area contributed by atoms with Gasteiger partial charge in [-0.15, -0.1) is 22.7 Å². The predicted octanol–water partition coefficient (Wildman–Crippen LogP) is 6.47. The van der Waals surface area contributed by atoms with Crippen LogP contribution in [0.15, 0.2) is 64.9 Å². The number of benzene rings is 2. The lowest BCUT2D eigenvalue weighted by molar-refractivity contribution is -0.107. The van der Waals surface area contributed by atoms with Gasteiger partial charge < -0.3 is 14.8 Å². The van der Waals surface area contributed by atoms with Gasteiger partial charge in [-0.3, -0.25) is 0 Å². The molecule has 0 bridgehead atoms. The van der Waals surface area contributed by atoms with Crippen LogP contribution in [0.3, 0.4) is 0 Å². The van der Waals surface area contributed by atoms with E-state index in [1.54, 1.807) is 34.6 Å². The highest BCUT2D eigenvalue weighted by Gasteiger charge is 2.10. The van der Waals surface area contributed by atoms with Crippen LogP contribution in [0.1, 0.15) is 16.3 Å². The van der Waals surface area contributed by atoms with E-state index in [9.17, 15) is 4.79 Å². The Morgan fingerprint density at radius 2 is 1.87 bits per heavy atom. The third kappa shape index (κ3) is 6.92. The Labute approximate surface area is 195 Å². The zero-order chi connectivity index (χ0) is 22.1. The van der Waals surface area contributed by atoms with Gasteiger partial charge in [-0.2, -0.15) is 0 Å². The van der Waals surface area contributed by atoms with Crippen LogP contribution in [0, 0.1) is 13.8 Å². The molecule has 2 N–H and O–H groups in total. The summed E-state index contributed by atoms with van der Waals surface area (Å²) in [4.78, 5) is 21.6. The van der Waals surface area contributed by atoms with Crippen molar-refractivity contribution < 1.29 is 4.79 Å². The van der Waals surface area contributed by atoms with E-state index in [0.29, 0.717) is 6.42 Å². The number of nitrogens with zero attached hydrogens (tertiary/aromatic N) is 2. The molecule has 0 aliphatic rings. The SMILES string of the molecule is CNc1nc(-c2sc(C)nc2C)cs1.O=CCc1cccc(NSc2ccccc2)c1. The number of aldehydes is 1. The molecule has 0 saturated carbocycles. The van der Waals surface area contributed by atoms with Gasteiger partial charge in [0.1, 0.15) is 6.29 Å². The van der Waals surface area contributed by atoms with Crippen molar-refractivity contribution >= 4 is 51.7 Å². The minimum Gasteiger partial charge on any atom is -0.365 e. The average Bonchev–Trinajstić information content (AvgIpc) is 3.39. The molecule has 0 unspecified atom stereocenters. The third-order valence-electron chi connectivity index (χ3n) is 4.13. The second-order valence-electron chi connectivity index (χ2n) is 6.52. The maximum absolute atomic E-state index is 10.4. The number of aryl methyl sites for hydroxylation is 2. The zero-order valence-corrected chi connectivity index (χ0v) is 20.0. The normalized spacial score (nSPS) is 10.2. The summed E-state index contributed by atoms with van der Waals surface area (Å²) in [5.41, 5.74) is 4.14. The first-order valence-corrected chi connectivity index (χ1v) is 12.2. The summed E-state index contributed by atoms with van der Waals surface area (Å²) in [5, 5.41) is 7.14. The van der Waals surface area contributed by atoms with Crippen molar-refractivity contribution in [3.63, 3.8) is 0 Å². The average molecular weight is 469 g/mol. The number of thiazole rings is 2. The smallest absolute Gasteiger partial charge is 0.182 e. The summed E-state index contributed by atoms with van der Waals surface area (Å²) < 4.78 is 3.26. The summed E-state index contributed by atoms with van der Waals surface area (Å²) in [6.07, 6.45) is 1.38. The first kappa shape index (κ1) is 23.0. The minimum absolute atomic E-state index is 0.464. The van der Waals surface area contributed by atoms with Crippen LogP contribution in [0.25, 0.3) is 10.6 Å². The lowest BCUT2D eigenvalue weighted by atomic mass is 10.1. The number of carbonyl (C=O) groups is 1. The second kappa shape index (κ2) is 11.6. The molecule has 31 heavy (non-hydrogen) atoms. The highest BCUT2D eigenvalue weighted by molar-refractivity contribution is 8.00. The van der Waals surface area contributed by atoms with E-state index in [1.807, 2.05) is 75.5 Å². The van der Waals surface area contributed by atoms with Crippen LogP contribution >= 0.6 is 34.6 Å². The van der Waals surface area contributed by atoms with E-state index in [0.717, 1.165) is 44.0 Å². The molecular formula is C23H24N4OS3. The number of anilines is 2. The Morgan fingerprint density at radius 1 is 1.06 bits per heavy atom. The summed E-state index contributed by atoms with van der Waals surface area (Å²) in [5.74, 6) is 0. The van der Waals surface area contributed by atoms with Crippen molar-refractivity contribution in [1.29, 1.82) is 0 Å². The lowest BCUT2D eigenvalue weighted by Gasteiger charge is -2.06. The second-order valence-corrected chi connectivity index (χ2v) is 9.46. The predicted molar refractivity (Wildman–Crippen MR) is 134 cm³/mol. The third-order valence-corrected chi connectivity index (χ3v) is 6.93. The van der Waals surface area contributed by atoms with E-state index in [2.05, 4.69) is 25.4 Å². The van der Waals surface area contributed by atoms with E-state index in [1.165, 1.54) is 4.88 Å². The van der Waals surface area contributed by atoms with Crippen molar-refractivity contribution in [2.45, 2.75) is 25.2 Å². The van der Waals surface area contributed by atoms with Crippen molar-refractivity contribution in [2.24, 2.45) is 0 Å². The summed E-state index contributed by atoms with van der Waals surface area (Å²) in [6.45, 7) is 4.05. The monoisotopic (exact) mass is 468 g/mol. The highest BCUT2D eigenvalue weighted by atomic mass is 32.2. The molecule has 0 aliphatic heterocycles. The summed E-state index contributed by atoms with van der Waals surface area (Å²) in [6, 6.07) is 18.0.